The number of nitrogens with zero attached hydrogens (tertiary/aromatic N) is 5. The van der Waals surface area contributed by atoms with Crippen LogP contribution >= 0.6 is 26.0 Å². The lowest BCUT2D eigenvalue weighted by atomic mass is 10.1. The monoisotopic (exact) mass is 847 g/mol. The molecule has 7 rings (SSSR count). The Labute approximate surface area is 317 Å². The van der Waals surface area contributed by atoms with Gasteiger partial charge in [0.1, 0.15) is 42.0 Å². The number of rotatable bonds is 7. The van der Waals surface area contributed by atoms with E-state index in [0.29, 0.717) is 21.5 Å². The van der Waals surface area contributed by atoms with Gasteiger partial charge in [0.05, 0.1) is 25.6 Å². The largest absolute Gasteiger partial charge is 0.514 e. The predicted molar refractivity (Wildman–Crippen MR) is 188 cm³/mol. The zero-order valence-corrected chi connectivity index (χ0v) is 31.7. The molecule has 56 heavy (non-hydrogen) atoms. The highest BCUT2D eigenvalue weighted by atomic mass is 32.7. The number of H-pyrrole nitrogens is 1. The summed E-state index contributed by atoms with van der Waals surface area (Å²) >= 11 is 0.570. The number of alkyl halides is 2. The third kappa shape index (κ3) is 8.59. The molecule has 1 aromatic carbocycles. The van der Waals surface area contributed by atoms with Gasteiger partial charge in [-0.2, -0.15) is 0 Å². The summed E-state index contributed by atoms with van der Waals surface area (Å²) in [5.41, 5.74) is 4.70. The van der Waals surface area contributed by atoms with Crippen LogP contribution in [-0.2, 0) is 47.2 Å². The van der Waals surface area contributed by atoms with Crippen molar-refractivity contribution in [2.45, 2.75) is 74.9 Å². The average molecular weight is 848 g/mol. The highest BCUT2D eigenvalue weighted by Gasteiger charge is 2.55. The number of aromatic amines is 1. The fraction of sp³-hybridized carbons (Fsp3) is 0.467. The number of nitrogens with one attached hydrogen (secondary N) is 1. The molecule has 3 aliphatic heterocycles. The first kappa shape index (κ1) is 40.1. The normalized spacial score (nSPS) is 32.3. The van der Waals surface area contributed by atoms with Gasteiger partial charge in [0.25, 0.3) is 5.56 Å². The van der Waals surface area contributed by atoms with Crippen molar-refractivity contribution in [2.24, 2.45) is 0 Å². The fourth-order valence-corrected chi connectivity index (χ4v) is 10.2. The van der Waals surface area contributed by atoms with Crippen LogP contribution in [0.3, 0.4) is 0 Å². The number of anilines is 1. The zero-order chi connectivity index (χ0) is 39.9. The molecule has 0 amide bonds. The van der Waals surface area contributed by atoms with Crippen LogP contribution in [0.5, 0.6) is 5.75 Å². The minimum atomic E-state index is -5.29. The van der Waals surface area contributed by atoms with E-state index in [9.17, 15) is 28.4 Å². The van der Waals surface area contributed by atoms with E-state index in [1.54, 1.807) is 13.8 Å². The van der Waals surface area contributed by atoms with Gasteiger partial charge in [-0.1, -0.05) is 12.1 Å². The van der Waals surface area contributed by atoms with Crippen LogP contribution in [0.15, 0.2) is 58.8 Å². The van der Waals surface area contributed by atoms with Crippen molar-refractivity contribution in [1.82, 2.24) is 29.1 Å². The summed E-state index contributed by atoms with van der Waals surface area (Å²) in [6.07, 6.45) is -13.2. The molecular formula is C30H33F2N7O14P2S. The molecule has 4 N–H and O–H groups in total. The number of benzene rings is 1. The number of hydrogen-bond acceptors (Lipinski definition) is 18. The number of nitrogen functional groups attached to an aromatic ring is 1. The molecule has 26 heteroatoms. The van der Waals surface area contributed by atoms with Crippen molar-refractivity contribution in [3.63, 3.8) is 0 Å². The number of aromatic nitrogens is 6. The molecule has 3 aromatic heterocycles. The number of phosphoric acid groups is 1. The maximum absolute atomic E-state index is 16.6. The van der Waals surface area contributed by atoms with Gasteiger partial charge in [-0.25, -0.2) is 42.5 Å². The summed E-state index contributed by atoms with van der Waals surface area (Å²) in [5.74, 6) is 0.00382. The van der Waals surface area contributed by atoms with E-state index < -0.39 is 101 Å². The van der Waals surface area contributed by atoms with Crippen molar-refractivity contribution in [1.29, 1.82) is 0 Å². The number of halogens is 2. The number of phosphoric ester groups is 1. The van der Waals surface area contributed by atoms with Gasteiger partial charge in [-0.05, 0) is 42.9 Å². The Bertz CT molecular complexity index is 2300. The average Bonchev–Trinajstić information content (AvgIpc) is 3.79. The molecule has 6 heterocycles. The highest BCUT2D eigenvalue weighted by molar-refractivity contribution is 8.54. The Morgan fingerprint density at radius 2 is 1.73 bits per heavy atom. The van der Waals surface area contributed by atoms with Gasteiger partial charge in [0.2, 0.25) is 0 Å². The van der Waals surface area contributed by atoms with Gasteiger partial charge in [-0.3, -0.25) is 37.0 Å². The van der Waals surface area contributed by atoms with E-state index in [-0.39, 0.29) is 28.5 Å². The summed E-state index contributed by atoms with van der Waals surface area (Å²) in [4.78, 5) is 61.1. The molecule has 21 nitrogen and oxygen atoms in total. The lowest BCUT2D eigenvalue weighted by Crippen LogP contribution is -2.37. The van der Waals surface area contributed by atoms with Crippen molar-refractivity contribution in [3.05, 3.63) is 75.6 Å². The second kappa shape index (κ2) is 16.0. The van der Waals surface area contributed by atoms with E-state index in [1.165, 1.54) is 35.2 Å². The summed E-state index contributed by atoms with van der Waals surface area (Å²) in [7, 11) is -5.29. The molecular weight excluding hydrogens is 814 g/mol. The predicted octanol–water partition coefficient (Wildman–Crippen LogP) is 3.31. The Balaban J connectivity index is 1.20. The second-order valence-corrected chi connectivity index (χ2v) is 18.1. The molecule has 3 unspecified atom stereocenters. The number of hydrogen-bond donors (Lipinski definition) is 3. The number of carbonyl (C=O) groups is 1. The highest BCUT2D eigenvalue weighted by Crippen LogP contribution is 2.64. The topological polar surface area (TPSA) is 270 Å². The molecule has 0 radical (unpaired) electrons. The molecule has 3 aliphatic rings. The van der Waals surface area contributed by atoms with Crippen LogP contribution in [0, 0.1) is 0 Å². The third-order valence-corrected chi connectivity index (χ3v) is 13.1. The maximum atomic E-state index is 16.6. The zero-order valence-electron chi connectivity index (χ0n) is 29.1. The van der Waals surface area contributed by atoms with E-state index in [2.05, 4.69) is 15.0 Å². The SMILES string of the molecule is CC(C)OC(=O)Oc1ccc(CSP2(=O)OC[C@H]3O[C@@H](n4ccc(=O)[nH]c4=O)[C@H](OP(=O)(O)OC[C@H]4O[C@@H](n5cnc6c(N)ncnc65)[C@H](F)C4O2)[C@@H]3F)cc1. The van der Waals surface area contributed by atoms with Crippen molar-refractivity contribution >= 4 is 49.1 Å². The van der Waals surface area contributed by atoms with Crippen LogP contribution in [0.1, 0.15) is 31.9 Å². The van der Waals surface area contributed by atoms with Crippen LogP contribution in [-0.4, -0.2) is 96.2 Å². The first-order chi connectivity index (χ1) is 26.6. The molecule has 10 atom stereocenters. The van der Waals surface area contributed by atoms with Gasteiger partial charge in [0, 0.05) is 18.0 Å². The van der Waals surface area contributed by atoms with Crippen molar-refractivity contribution < 1.29 is 64.6 Å². The quantitative estimate of drug-likeness (QED) is 0.137. The molecule has 0 aliphatic carbocycles. The second-order valence-electron chi connectivity index (χ2n) is 12.7. The van der Waals surface area contributed by atoms with Crippen molar-refractivity contribution in [3.8, 4) is 5.75 Å². The van der Waals surface area contributed by atoms with Crippen LogP contribution in [0.25, 0.3) is 11.2 Å². The molecule has 3 fully saturated rings. The fourth-order valence-electron chi connectivity index (χ4n) is 5.91. The molecule has 3 saturated heterocycles. The number of nitrogens with two attached hydrogens (primary N) is 1. The van der Waals surface area contributed by atoms with Gasteiger partial charge in [-0.15, -0.1) is 0 Å². The minimum absolute atomic E-state index is 0.0162. The van der Waals surface area contributed by atoms with E-state index in [1.807, 2.05) is 4.98 Å². The van der Waals surface area contributed by atoms with Crippen LogP contribution < -0.4 is 21.7 Å². The number of imidazole rings is 1. The van der Waals surface area contributed by atoms with Crippen molar-refractivity contribution in [2.75, 3.05) is 18.9 Å². The van der Waals surface area contributed by atoms with Gasteiger partial charge in [0.15, 0.2) is 36.3 Å². The first-order valence-electron chi connectivity index (χ1n) is 16.6. The molecule has 2 bridgehead atoms. The lowest BCUT2D eigenvalue weighted by molar-refractivity contribution is -0.0652. The van der Waals surface area contributed by atoms with Gasteiger partial charge >= 0.3 is 26.5 Å². The molecule has 0 spiro atoms. The minimum Gasteiger partial charge on any atom is -0.431 e. The number of ether oxygens (including phenoxy) is 4. The maximum Gasteiger partial charge on any atom is 0.514 e. The van der Waals surface area contributed by atoms with Gasteiger partial charge < -0.3 is 29.6 Å². The number of carbonyl (C=O) groups excluding carboxylic acids is 1. The Morgan fingerprint density at radius 1 is 1.00 bits per heavy atom. The van der Waals surface area contributed by atoms with Crippen LogP contribution in [0.4, 0.5) is 19.4 Å². The third-order valence-electron chi connectivity index (χ3n) is 8.47. The Kier molecular flexibility index (Phi) is 11.5. The standard InChI is InChI=1S/C30H33F2N7O14P2S/c1-14(2)48-30(42)49-16-5-3-15(4-6-16)11-56-55(45)47-9-17-20(31)24(28(50-17)38-8-7-19(40)37-29(38)41)52-54(43,44)46-10-18-23(53-55)21(32)27(51-18)39-13-36-22-25(33)34-12-35-26(22)39/h3-8,12-14,17-18,20-21,23-24,27-28H,9-11H2,1-2H3,(H,43,44)(H2,33,34,35)(H,37,40,41)/t17-,18-,20-,21-,23?,24-,27-,28-,55?/m1/s1. The number of fused-ring (bicyclic) bond motifs is 4. The molecule has 0 saturated carbocycles. The summed E-state index contributed by atoms with van der Waals surface area (Å²) in [6, 6.07) is 6.87. The summed E-state index contributed by atoms with van der Waals surface area (Å²) < 4.78 is 106. The van der Waals surface area contributed by atoms with Crippen LogP contribution in [0.2, 0.25) is 0 Å². The van der Waals surface area contributed by atoms with E-state index in [4.69, 9.17) is 42.8 Å². The first-order valence-corrected chi connectivity index (χ1v) is 21.3. The van der Waals surface area contributed by atoms with E-state index >= 15 is 8.78 Å². The smallest absolute Gasteiger partial charge is 0.431 e. The summed E-state index contributed by atoms with van der Waals surface area (Å²) in [6.45, 7) is -3.15. The lowest BCUT2D eigenvalue weighted by Gasteiger charge is -2.27. The molecule has 4 aromatic rings. The summed E-state index contributed by atoms with van der Waals surface area (Å²) in [5, 5.41) is 0. The molecule has 302 valence electrons. The Morgan fingerprint density at radius 3 is 2.46 bits per heavy atom. The Hall–Kier alpha value is -4.09. The van der Waals surface area contributed by atoms with E-state index in [0.717, 1.165) is 18.6 Å².